The van der Waals surface area contributed by atoms with Gasteiger partial charge in [-0.2, -0.15) is 0 Å². The van der Waals surface area contributed by atoms with Crippen molar-refractivity contribution in [3.8, 4) is 102 Å². The SMILES string of the molecule is CC1CC2CC(C)C3(c4ccccc4-c4ccc(-c5ccc(-c6nc(-c7ccccc7)nc(-c7ccccc7)n6)c6c5C(C)(C)c5cc(-c7nc(-c8ccccc8)nc(-c8ccccc8)n7)ccc5-6)cc43)C(C1)C2. The Morgan fingerprint density at radius 3 is 1.38 bits per heavy atom. The van der Waals surface area contributed by atoms with Crippen LogP contribution in [0.1, 0.15) is 75.6 Å². The number of aromatic nitrogens is 6. The van der Waals surface area contributed by atoms with Crippen LogP contribution in [0.5, 0.6) is 0 Å². The first-order valence-corrected chi connectivity index (χ1v) is 26.5. The van der Waals surface area contributed by atoms with Gasteiger partial charge in [-0.25, -0.2) is 29.9 Å². The predicted molar refractivity (Wildman–Crippen MR) is 299 cm³/mol. The van der Waals surface area contributed by atoms with Gasteiger partial charge >= 0.3 is 0 Å². The first-order valence-electron chi connectivity index (χ1n) is 26.5. The van der Waals surface area contributed by atoms with E-state index in [-0.39, 0.29) is 5.41 Å². The lowest BCUT2D eigenvalue weighted by molar-refractivity contribution is 0.0426. The summed E-state index contributed by atoms with van der Waals surface area (Å²) in [6.45, 7) is 9.85. The molecule has 0 N–H and O–H groups in total. The highest BCUT2D eigenvalue weighted by Crippen LogP contribution is 2.65. The van der Waals surface area contributed by atoms with Gasteiger partial charge in [-0.1, -0.05) is 204 Å². The summed E-state index contributed by atoms with van der Waals surface area (Å²) in [6.07, 6.45) is 5.22. The van der Waals surface area contributed by atoms with Gasteiger partial charge in [0.2, 0.25) is 0 Å². The van der Waals surface area contributed by atoms with Crippen LogP contribution in [0.3, 0.4) is 0 Å². The second-order valence-electron chi connectivity index (χ2n) is 22.1. The third-order valence-corrected chi connectivity index (χ3v) is 17.3. The summed E-state index contributed by atoms with van der Waals surface area (Å²) in [5.74, 6) is 6.51. The molecule has 0 radical (unpaired) electrons. The maximum atomic E-state index is 5.36. The molecule has 14 rings (SSSR count). The van der Waals surface area contributed by atoms with E-state index in [1.54, 1.807) is 5.56 Å². The second kappa shape index (κ2) is 17.2. The molecule has 4 aliphatic carbocycles. The molecule has 2 saturated carbocycles. The maximum Gasteiger partial charge on any atom is 0.164 e. The van der Waals surface area contributed by atoms with Crippen LogP contribution in [0.25, 0.3) is 102 Å². The molecule has 0 amide bonds. The highest BCUT2D eigenvalue weighted by molar-refractivity contribution is 5.98. The van der Waals surface area contributed by atoms with Gasteiger partial charge in [0.25, 0.3) is 0 Å². The molecule has 0 saturated heterocycles. The Labute approximate surface area is 433 Å². The van der Waals surface area contributed by atoms with Gasteiger partial charge in [0.15, 0.2) is 34.9 Å². The highest BCUT2D eigenvalue weighted by Gasteiger charge is 2.56. The number of benzene rings is 8. The molecule has 0 aliphatic heterocycles. The first kappa shape index (κ1) is 44.5. The van der Waals surface area contributed by atoms with Crippen molar-refractivity contribution in [3.63, 3.8) is 0 Å². The fourth-order valence-corrected chi connectivity index (χ4v) is 14.3. The van der Waals surface area contributed by atoms with E-state index in [0.717, 1.165) is 56.3 Å². The van der Waals surface area contributed by atoms with Crippen molar-refractivity contribution in [3.05, 3.63) is 216 Å². The number of nitrogens with zero attached hydrogens (tertiary/aromatic N) is 6. The summed E-state index contributed by atoms with van der Waals surface area (Å²) >= 11 is 0. The summed E-state index contributed by atoms with van der Waals surface area (Å²) in [4.78, 5) is 31.3. The van der Waals surface area contributed by atoms with E-state index in [1.807, 2.05) is 72.8 Å². The monoisotopic (exact) mass is 956 g/mol. The molecule has 4 aliphatic rings. The molecule has 10 aromatic rings. The van der Waals surface area contributed by atoms with Crippen LogP contribution < -0.4 is 0 Å². The minimum absolute atomic E-state index is 0.0298. The van der Waals surface area contributed by atoms with Gasteiger partial charge in [0.1, 0.15) is 0 Å². The molecule has 1 spiro atoms. The number of hydrogen-bond acceptors (Lipinski definition) is 6. The Bertz CT molecular complexity index is 3700. The van der Waals surface area contributed by atoms with E-state index in [9.17, 15) is 0 Å². The molecule has 2 aromatic heterocycles. The summed E-state index contributed by atoms with van der Waals surface area (Å²) in [5, 5.41) is 0. The summed E-state index contributed by atoms with van der Waals surface area (Å²) in [5.41, 5.74) is 18.3. The van der Waals surface area contributed by atoms with Crippen molar-refractivity contribution in [2.24, 2.45) is 23.7 Å². The summed E-state index contributed by atoms with van der Waals surface area (Å²) < 4.78 is 0. The molecule has 358 valence electrons. The van der Waals surface area contributed by atoms with Crippen molar-refractivity contribution in [2.45, 2.75) is 64.2 Å². The van der Waals surface area contributed by atoms with E-state index >= 15 is 0 Å². The average Bonchev–Trinajstić information content (AvgIpc) is 4.03. The van der Waals surface area contributed by atoms with Gasteiger partial charge in [-0.15, -0.1) is 0 Å². The lowest BCUT2D eigenvalue weighted by Crippen LogP contribution is -2.49. The van der Waals surface area contributed by atoms with Crippen molar-refractivity contribution < 1.29 is 0 Å². The zero-order chi connectivity index (χ0) is 49.7. The van der Waals surface area contributed by atoms with E-state index in [0.29, 0.717) is 46.8 Å². The van der Waals surface area contributed by atoms with Crippen molar-refractivity contribution in [1.29, 1.82) is 0 Å². The quantitative estimate of drug-likeness (QED) is 0.158. The topological polar surface area (TPSA) is 77.3 Å². The zero-order valence-electron chi connectivity index (χ0n) is 42.3. The molecular weight excluding hydrogens is 901 g/mol. The van der Waals surface area contributed by atoms with Crippen LogP contribution in [0.4, 0.5) is 0 Å². The smallest absolute Gasteiger partial charge is 0.164 e. The molecule has 6 nitrogen and oxygen atoms in total. The molecule has 2 bridgehead atoms. The second-order valence-corrected chi connectivity index (χ2v) is 22.1. The van der Waals surface area contributed by atoms with E-state index in [2.05, 4.69) is 149 Å². The third kappa shape index (κ3) is 6.98. The van der Waals surface area contributed by atoms with Crippen LogP contribution in [0.15, 0.2) is 194 Å². The Morgan fingerprint density at radius 2 is 0.797 bits per heavy atom. The minimum Gasteiger partial charge on any atom is -0.208 e. The molecule has 2 heterocycles. The van der Waals surface area contributed by atoms with Crippen LogP contribution in [0.2, 0.25) is 0 Å². The van der Waals surface area contributed by atoms with E-state index < -0.39 is 5.41 Å². The molecule has 5 atom stereocenters. The molecule has 2 fully saturated rings. The molecule has 74 heavy (non-hydrogen) atoms. The number of rotatable bonds is 7. The van der Waals surface area contributed by atoms with Gasteiger partial charge in [0, 0.05) is 44.2 Å². The highest BCUT2D eigenvalue weighted by atomic mass is 15.0. The Balaban J connectivity index is 0.996. The lowest BCUT2D eigenvalue weighted by Gasteiger charge is -2.54. The summed E-state index contributed by atoms with van der Waals surface area (Å²) in [6, 6.07) is 69.3. The van der Waals surface area contributed by atoms with Gasteiger partial charge < -0.3 is 0 Å². The van der Waals surface area contributed by atoms with Crippen molar-refractivity contribution >= 4 is 0 Å². The third-order valence-electron chi connectivity index (χ3n) is 17.3. The van der Waals surface area contributed by atoms with Gasteiger partial charge in [-0.05, 0) is 123 Å². The summed E-state index contributed by atoms with van der Waals surface area (Å²) in [7, 11) is 0. The van der Waals surface area contributed by atoms with Crippen LogP contribution in [-0.2, 0) is 10.8 Å². The van der Waals surface area contributed by atoms with Gasteiger partial charge in [-0.3, -0.25) is 0 Å². The number of hydrogen-bond donors (Lipinski definition) is 0. The fraction of sp³-hybridized carbons (Fsp3) is 0.206. The molecule has 6 heteroatoms. The molecule has 5 unspecified atom stereocenters. The molecular formula is C68H56N6. The average molecular weight is 957 g/mol. The fourth-order valence-electron chi connectivity index (χ4n) is 14.3. The first-order chi connectivity index (χ1) is 36.2. The largest absolute Gasteiger partial charge is 0.208 e. The van der Waals surface area contributed by atoms with Crippen molar-refractivity contribution in [1.82, 2.24) is 29.9 Å². The Kier molecular flexibility index (Phi) is 10.3. The number of fused-ring (bicyclic) bond motifs is 11. The standard InChI is InChI=1S/C68H56N6/c1-41-35-43-37-42(2)68(50(36-41)38-43)56-28-18-17-27-52(56)53-31-29-48(39-58(53)68)51-33-34-55(66-73-63(46-23-13-7-14-24-46)70-64(74-66)47-25-15-8-16-26-47)59-54-32-30-49(40-57(54)67(3,4)60(51)59)65-71-61(44-19-9-5-10-20-44)69-62(72-65)45-21-11-6-12-22-45/h5-34,39-43,50H,35-38H2,1-4H3. The Hall–Kier alpha value is -8.22. The lowest BCUT2D eigenvalue weighted by atomic mass is 9.49. The van der Waals surface area contributed by atoms with Crippen LogP contribution in [-0.4, -0.2) is 29.9 Å². The normalized spacial score (nSPS) is 20.6. The Morgan fingerprint density at radius 1 is 0.351 bits per heavy atom. The molecule has 8 aromatic carbocycles. The minimum atomic E-state index is -0.467. The van der Waals surface area contributed by atoms with E-state index in [1.165, 1.54) is 64.6 Å². The zero-order valence-corrected chi connectivity index (χ0v) is 42.3. The van der Waals surface area contributed by atoms with Gasteiger partial charge in [0.05, 0.1) is 0 Å². The van der Waals surface area contributed by atoms with Crippen molar-refractivity contribution in [2.75, 3.05) is 0 Å². The van der Waals surface area contributed by atoms with E-state index in [4.69, 9.17) is 29.9 Å². The maximum absolute atomic E-state index is 5.36. The predicted octanol–water partition coefficient (Wildman–Crippen LogP) is 16.4. The van der Waals surface area contributed by atoms with Crippen LogP contribution in [0, 0.1) is 23.7 Å². The van der Waals surface area contributed by atoms with Crippen LogP contribution >= 0.6 is 0 Å².